The van der Waals surface area contributed by atoms with Crippen molar-refractivity contribution in [1.82, 2.24) is 0 Å². The second kappa shape index (κ2) is 8.25. The predicted octanol–water partition coefficient (Wildman–Crippen LogP) is 3.95. The van der Waals surface area contributed by atoms with Crippen molar-refractivity contribution in [1.29, 1.82) is 0 Å². The van der Waals surface area contributed by atoms with Crippen LogP contribution in [0.1, 0.15) is 55.7 Å². The summed E-state index contributed by atoms with van der Waals surface area (Å²) in [6.45, 7) is 5.06. The van der Waals surface area contributed by atoms with Crippen molar-refractivity contribution >= 4 is 0 Å². The molecule has 0 aliphatic heterocycles. The summed E-state index contributed by atoms with van der Waals surface area (Å²) < 4.78 is 9.50. The van der Waals surface area contributed by atoms with Gasteiger partial charge in [-0.15, -0.1) is 0 Å². The maximum atomic E-state index is 10.1. The average Bonchev–Trinajstić information content (AvgIpc) is 2.63. The van der Waals surface area contributed by atoms with Crippen molar-refractivity contribution < 1.29 is 9.50 Å². The summed E-state index contributed by atoms with van der Waals surface area (Å²) in [6, 6.07) is 4.22. The molecule has 2 nitrogen and oxygen atoms in total. The standard InChI is InChI=1S/C16H25NO.CH3F/c1-11(2)15-9-13-5-3-12(7-8-17)4-6-14(13)10-16(15)18;1-2/h9-12,18H,3-8,17H2,1-2H3;1H3. The zero-order chi connectivity index (χ0) is 15.1. The molecule has 1 aliphatic carbocycles. The fraction of sp³-hybridized carbons (Fsp3) is 0.647. The number of aromatic hydroxyl groups is 1. The quantitative estimate of drug-likeness (QED) is 0.824. The highest BCUT2D eigenvalue weighted by molar-refractivity contribution is 5.44. The minimum atomic E-state index is 0.387. The molecule has 3 N–H and O–H groups in total. The first-order valence-corrected chi connectivity index (χ1v) is 7.54. The van der Waals surface area contributed by atoms with E-state index in [9.17, 15) is 9.50 Å². The van der Waals surface area contributed by atoms with Crippen LogP contribution in [-0.2, 0) is 12.8 Å². The number of fused-ring (bicyclic) bond motifs is 1. The number of hydrogen-bond acceptors (Lipinski definition) is 2. The Bertz CT molecular complexity index is 418. The summed E-state index contributed by atoms with van der Waals surface area (Å²) in [5.41, 5.74) is 9.54. The van der Waals surface area contributed by atoms with Crippen LogP contribution < -0.4 is 5.73 Å². The molecule has 0 saturated heterocycles. The lowest BCUT2D eigenvalue weighted by Crippen LogP contribution is -2.08. The Labute approximate surface area is 122 Å². The highest BCUT2D eigenvalue weighted by atomic mass is 19.1. The summed E-state index contributed by atoms with van der Waals surface area (Å²) in [5, 5.41) is 10.1. The smallest absolute Gasteiger partial charge is 0.119 e. The Hall–Kier alpha value is -1.09. The van der Waals surface area contributed by atoms with E-state index in [0.29, 0.717) is 18.8 Å². The minimum absolute atomic E-state index is 0.387. The molecular formula is C17H28FNO. The first-order chi connectivity index (χ1) is 9.61. The topological polar surface area (TPSA) is 46.2 Å². The van der Waals surface area contributed by atoms with Crippen molar-refractivity contribution in [2.75, 3.05) is 13.7 Å². The summed E-state index contributed by atoms with van der Waals surface area (Å²) in [5.74, 6) is 1.62. The monoisotopic (exact) mass is 281 g/mol. The molecule has 0 aromatic heterocycles. The van der Waals surface area contributed by atoms with E-state index in [0.717, 1.165) is 37.3 Å². The molecule has 1 aliphatic rings. The molecule has 0 amide bonds. The molecule has 0 saturated carbocycles. The van der Waals surface area contributed by atoms with Crippen molar-refractivity contribution in [3.63, 3.8) is 0 Å². The molecule has 2 rings (SSSR count). The predicted molar refractivity (Wildman–Crippen MR) is 83.0 cm³/mol. The van der Waals surface area contributed by atoms with Crippen LogP contribution in [0.5, 0.6) is 5.75 Å². The highest BCUT2D eigenvalue weighted by Gasteiger charge is 2.18. The van der Waals surface area contributed by atoms with Crippen LogP contribution in [0.4, 0.5) is 4.39 Å². The molecule has 0 fully saturated rings. The molecular weight excluding hydrogens is 253 g/mol. The number of phenols is 1. The van der Waals surface area contributed by atoms with Crippen LogP contribution in [0.15, 0.2) is 12.1 Å². The Kier molecular flexibility index (Phi) is 7.00. The van der Waals surface area contributed by atoms with Gasteiger partial charge in [0.1, 0.15) is 5.75 Å². The van der Waals surface area contributed by atoms with E-state index in [1.165, 1.54) is 24.0 Å². The van der Waals surface area contributed by atoms with Crippen LogP contribution in [-0.4, -0.2) is 18.8 Å². The van der Waals surface area contributed by atoms with Gasteiger partial charge >= 0.3 is 0 Å². The van der Waals surface area contributed by atoms with Crippen LogP contribution in [0.25, 0.3) is 0 Å². The molecule has 0 radical (unpaired) electrons. The van der Waals surface area contributed by atoms with Crippen LogP contribution in [0.3, 0.4) is 0 Å². The molecule has 0 heterocycles. The number of nitrogens with two attached hydrogens (primary N) is 1. The second-order valence-corrected chi connectivity index (χ2v) is 5.86. The molecule has 3 heteroatoms. The summed E-state index contributed by atoms with van der Waals surface area (Å²) in [7, 11) is 0.500. The maximum absolute atomic E-state index is 10.1. The summed E-state index contributed by atoms with van der Waals surface area (Å²) in [4.78, 5) is 0. The maximum Gasteiger partial charge on any atom is 0.119 e. The Balaban J connectivity index is 0.000000956. The zero-order valence-corrected chi connectivity index (χ0v) is 13.0. The van der Waals surface area contributed by atoms with Gasteiger partial charge in [0.05, 0.1) is 7.18 Å². The first kappa shape index (κ1) is 17.0. The van der Waals surface area contributed by atoms with Gasteiger partial charge in [-0.05, 0) is 73.2 Å². The Morgan fingerprint density at radius 1 is 1.20 bits per heavy atom. The SMILES string of the molecule is CC(C)c1cc2c(cc1O)CCC(CCN)CC2.CF. The Morgan fingerprint density at radius 3 is 2.25 bits per heavy atom. The number of aryl methyl sites for hydroxylation is 2. The number of rotatable bonds is 3. The minimum Gasteiger partial charge on any atom is -0.508 e. The van der Waals surface area contributed by atoms with Crippen LogP contribution >= 0.6 is 0 Å². The van der Waals surface area contributed by atoms with Gasteiger partial charge in [0, 0.05) is 0 Å². The van der Waals surface area contributed by atoms with E-state index in [2.05, 4.69) is 19.9 Å². The van der Waals surface area contributed by atoms with Crippen molar-refractivity contribution in [3.05, 3.63) is 28.8 Å². The van der Waals surface area contributed by atoms with E-state index in [1.54, 1.807) is 0 Å². The fourth-order valence-corrected chi connectivity index (χ4v) is 3.01. The molecule has 1 unspecified atom stereocenters. The fourth-order valence-electron chi connectivity index (χ4n) is 3.01. The van der Waals surface area contributed by atoms with Gasteiger partial charge in [-0.1, -0.05) is 19.9 Å². The number of alkyl halides is 1. The van der Waals surface area contributed by atoms with Gasteiger partial charge in [-0.25, -0.2) is 0 Å². The van der Waals surface area contributed by atoms with Gasteiger partial charge in [0.2, 0.25) is 0 Å². The van der Waals surface area contributed by atoms with Gasteiger partial charge in [0.25, 0.3) is 0 Å². The zero-order valence-electron chi connectivity index (χ0n) is 13.0. The number of benzene rings is 1. The molecule has 20 heavy (non-hydrogen) atoms. The van der Waals surface area contributed by atoms with Crippen molar-refractivity contribution in [3.8, 4) is 5.75 Å². The molecule has 1 aromatic carbocycles. The number of phenolic OH excluding ortho intramolecular Hbond substituents is 1. The van der Waals surface area contributed by atoms with E-state index in [-0.39, 0.29) is 0 Å². The lowest BCUT2D eigenvalue weighted by molar-refractivity contribution is 0.437. The molecule has 1 atom stereocenters. The van der Waals surface area contributed by atoms with Gasteiger partial charge in [-0.3, -0.25) is 4.39 Å². The normalized spacial score (nSPS) is 18.0. The molecule has 0 bridgehead atoms. The molecule has 114 valence electrons. The van der Waals surface area contributed by atoms with E-state index < -0.39 is 0 Å². The van der Waals surface area contributed by atoms with Gasteiger partial charge in [0.15, 0.2) is 0 Å². The van der Waals surface area contributed by atoms with Crippen molar-refractivity contribution in [2.45, 2.75) is 51.9 Å². The van der Waals surface area contributed by atoms with Crippen LogP contribution in [0.2, 0.25) is 0 Å². The Morgan fingerprint density at radius 2 is 1.75 bits per heavy atom. The van der Waals surface area contributed by atoms with E-state index in [4.69, 9.17) is 5.73 Å². The number of hydrogen-bond donors (Lipinski definition) is 2. The lowest BCUT2D eigenvalue weighted by atomic mass is 9.94. The second-order valence-electron chi connectivity index (χ2n) is 5.86. The molecule has 0 spiro atoms. The highest BCUT2D eigenvalue weighted by Crippen LogP contribution is 2.33. The largest absolute Gasteiger partial charge is 0.508 e. The third-order valence-electron chi connectivity index (χ3n) is 4.19. The third-order valence-corrected chi connectivity index (χ3v) is 4.19. The third kappa shape index (κ3) is 4.20. The number of halogens is 1. The first-order valence-electron chi connectivity index (χ1n) is 7.54. The summed E-state index contributed by atoms with van der Waals surface area (Å²) in [6.07, 6.45) is 5.82. The lowest BCUT2D eigenvalue weighted by Gasteiger charge is -2.13. The van der Waals surface area contributed by atoms with E-state index >= 15 is 0 Å². The van der Waals surface area contributed by atoms with E-state index in [1.807, 2.05) is 6.07 Å². The van der Waals surface area contributed by atoms with Crippen LogP contribution in [0, 0.1) is 5.92 Å². The molecule has 1 aromatic rings. The van der Waals surface area contributed by atoms with Gasteiger partial charge in [-0.2, -0.15) is 0 Å². The van der Waals surface area contributed by atoms with Crippen molar-refractivity contribution in [2.24, 2.45) is 11.7 Å². The summed E-state index contributed by atoms with van der Waals surface area (Å²) >= 11 is 0. The van der Waals surface area contributed by atoms with Gasteiger partial charge < -0.3 is 10.8 Å². The average molecular weight is 281 g/mol.